The Morgan fingerprint density at radius 3 is 3.05 bits per heavy atom. The second-order valence-corrected chi connectivity index (χ2v) is 5.31. The van der Waals surface area contributed by atoms with Crippen LogP contribution in [0, 0.1) is 0 Å². The van der Waals surface area contributed by atoms with Crippen molar-refractivity contribution in [1.29, 1.82) is 0 Å². The molecule has 0 bridgehead atoms. The van der Waals surface area contributed by atoms with Crippen LogP contribution in [0.4, 0.5) is 0 Å². The van der Waals surface area contributed by atoms with Gasteiger partial charge in [-0.3, -0.25) is 16.3 Å². The molecular weight excluding hydrogens is 238 g/mol. The molecule has 1 fully saturated rings. The van der Waals surface area contributed by atoms with Crippen molar-refractivity contribution in [3.8, 4) is 0 Å². The minimum atomic E-state index is -0.244. The molecule has 19 heavy (non-hydrogen) atoms. The molecule has 1 aromatic carbocycles. The van der Waals surface area contributed by atoms with E-state index in [1.54, 1.807) is 0 Å². The van der Waals surface area contributed by atoms with Gasteiger partial charge in [0.25, 0.3) is 0 Å². The lowest BCUT2D eigenvalue weighted by Crippen LogP contribution is -2.44. The van der Waals surface area contributed by atoms with E-state index >= 15 is 0 Å². The molecule has 3 rings (SSSR count). The lowest BCUT2D eigenvalue weighted by molar-refractivity contribution is -0.0121. The normalized spacial score (nSPS) is 24.7. The molecule has 0 aliphatic carbocycles. The molecule has 0 saturated carbocycles. The maximum Gasteiger partial charge on any atom is 0.0862 e. The van der Waals surface area contributed by atoms with Gasteiger partial charge in [0.2, 0.25) is 0 Å². The Balaban J connectivity index is 2.11. The van der Waals surface area contributed by atoms with Gasteiger partial charge >= 0.3 is 0 Å². The van der Waals surface area contributed by atoms with Crippen LogP contribution in [0.1, 0.15) is 31.4 Å². The summed E-state index contributed by atoms with van der Waals surface area (Å²) < 4.78 is 5.94. The third-order valence-electron chi connectivity index (χ3n) is 4.05. The van der Waals surface area contributed by atoms with E-state index in [9.17, 15) is 0 Å². The molecular formula is C15H19N3O. The van der Waals surface area contributed by atoms with Crippen LogP contribution < -0.4 is 11.3 Å². The number of benzene rings is 1. The summed E-state index contributed by atoms with van der Waals surface area (Å²) in [5.74, 6) is 5.82. The fourth-order valence-electron chi connectivity index (χ4n) is 3.02. The van der Waals surface area contributed by atoms with Gasteiger partial charge in [0.05, 0.1) is 11.6 Å². The van der Waals surface area contributed by atoms with E-state index in [4.69, 9.17) is 10.6 Å². The first-order valence-corrected chi connectivity index (χ1v) is 6.67. The van der Waals surface area contributed by atoms with Crippen molar-refractivity contribution >= 4 is 10.8 Å². The van der Waals surface area contributed by atoms with Crippen LogP contribution in [0.5, 0.6) is 0 Å². The number of rotatable bonds is 3. The molecule has 2 atom stereocenters. The first-order chi connectivity index (χ1) is 9.24. The fourth-order valence-corrected chi connectivity index (χ4v) is 3.02. The molecule has 0 radical (unpaired) electrons. The zero-order chi connectivity index (χ0) is 13.3. The van der Waals surface area contributed by atoms with Crippen LogP contribution in [0.15, 0.2) is 36.7 Å². The maximum atomic E-state index is 5.94. The van der Waals surface area contributed by atoms with E-state index in [0.717, 1.165) is 24.8 Å². The van der Waals surface area contributed by atoms with Gasteiger partial charge in [-0.2, -0.15) is 0 Å². The quantitative estimate of drug-likeness (QED) is 0.654. The molecule has 2 unspecified atom stereocenters. The molecule has 1 saturated heterocycles. The molecule has 1 aliphatic rings. The van der Waals surface area contributed by atoms with Gasteiger partial charge in [-0.05, 0) is 36.8 Å². The Labute approximate surface area is 112 Å². The average Bonchev–Trinajstić information content (AvgIpc) is 2.87. The SMILES string of the molecule is CC1(C(NN)c2cccc3cnccc23)CCCO1. The number of nitrogens with two attached hydrogens (primary N) is 1. The molecule has 1 aliphatic heterocycles. The number of hydrazine groups is 1. The van der Waals surface area contributed by atoms with Crippen molar-refractivity contribution in [3.63, 3.8) is 0 Å². The van der Waals surface area contributed by atoms with Crippen LogP contribution in [0.2, 0.25) is 0 Å². The molecule has 0 amide bonds. The molecule has 2 heterocycles. The van der Waals surface area contributed by atoms with Crippen molar-refractivity contribution in [1.82, 2.24) is 10.4 Å². The number of hydrogen-bond acceptors (Lipinski definition) is 4. The zero-order valence-corrected chi connectivity index (χ0v) is 11.1. The highest BCUT2D eigenvalue weighted by atomic mass is 16.5. The van der Waals surface area contributed by atoms with Gasteiger partial charge in [-0.15, -0.1) is 0 Å². The summed E-state index contributed by atoms with van der Waals surface area (Å²) in [7, 11) is 0. The Kier molecular flexibility index (Phi) is 3.22. The van der Waals surface area contributed by atoms with E-state index in [0.29, 0.717) is 0 Å². The number of aromatic nitrogens is 1. The summed E-state index contributed by atoms with van der Waals surface area (Å²) in [6.07, 6.45) is 5.80. The Morgan fingerprint density at radius 1 is 1.42 bits per heavy atom. The average molecular weight is 257 g/mol. The van der Waals surface area contributed by atoms with E-state index < -0.39 is 0 Å². The lowest BCUT2D eigenvalue weighted by atomic mass is 9.86. The summed E-state index contributed by atoms with van der Waals surface area (Å²) in [4.78, 5) is 4.17. The first kappa shape index (κ1) is 12.5. The van der Waals surface area contributed by atoms with Gasteiger partial charge in [-0.1, -0.05) is 18.2 Å². The molecule has 1 aromatic heterocycles. The lowest BCUT2D eigenvalue weighted by Gasteiger charge is -2.33. The Morgan fingerprint density at radius 2 is 2.32 bits per heavy atom. The largest absolute Gasteiger partial charge is 0.373 e. The number of nitrogens with zero attached hydrogens (tertiary/aromatic N) is 1. The number of ether oxygens (including phenoxy) is 1. The highest BCUT2D eigenvalue weighted by Crippen LogP contribution is 2.39. The van der Waals surface area contributed by atoms with Crippen LogP contribution in [-0.4, -0.2) is 17.2 Å². The van der Waals surface area contributed by atoms with Crippen molar-refractivity contribution < 1.29 is 4.74 Å². The fraction of sp³-hybridized carbons (Fsp3) is 0.400. The van der Waals surface area contributed by atoms with Gasteiger partial charge in [-0.25, -0.2) is 0 Å². The summed E-state index contributed by atoms with van der Waals surface area (Å²) in [5.41, 5.74) is 3.88. The Hall–Kier alpha value is -1.49. The number of hydrogen-bond donors (Lipinski definition) is 2. The molecule has 100 valence electrons. The number of nitrogens with one attached hydrogen (secondary N) is 1. The van der Waals surface area contributed by atoms with Gasteiger partial charge in [0.15, 0.2) is 0 Å². The monoisotopic (exact) mass is 257 g/mol. The third-order valence-corrected chi connectivity index (χ3v) is 4.05. The van der Waals surface area contributed by atoms with Gasteiger partial charge in [0, 0.05) is 24.4 Å². The number of pyridine rings is 1. The maximum absolute atomic E-state index is 5.94. The summed E-state index contributed by atoms with van der Waals surface area (Å²) in [6.45, 7) is 2.94. The highest BCUT2D eigenvalue weighted by Gasteiger charge is 2.39. The molecule has 4 heteroatoms. The zero-order valence-electron chi connectivity index (χ0n) is 11.1. The first-order valence-electron chi connectivity index (χ1n) is 6.67. The van der Waals surface area contributed by atoms with E-state index in [1.165, 1.54) is 10.9 Å². The topological polar surface area (TPSA) is 60.2 Å². The summed E-state index contributed by atoms with van der Waals surface area (Å²) in [5, 5.41) is 2.30. The number of fused-ring (bicyclic) bond motifs is 1. The van der Waals surface area contributed by atoms with Crippen molar-refractivity contribution in [2.45, 2.75) is 31.4 Å². The molecule has 0 spiro atoms. The minimum Gasteiger partial charge on any atom is -0.373 e. The van der Waals surface area contributed by atoms with Crippen LogP contribution in [-0.2, 0) is 4.74 Å². The molecule has 3 N–H and O–H groups in total. The van der Waals surface area contributed by atoms with E-state index in [1.807, 2.05) is 24.5 Å². The minimum absolute atomic E-state index is 0.0129. The van der Waals surface area contributed by atoms with E-state index in [-0.39, 0.29) is 11.6 Å². The van der Waals surface area contributed by atoms with Gasteiger partial charge < -0.3 is 4.74 Å². The second kappa shape index (κ2) is 4.89. The third kappa shape index (κ3) is 2.12. The standard InChI is InChI=1S/C15H19N3O/c1-15(7-3-9-19-15)14(18-16)13-5-2-4-11-10-17-8-6-12(11)13/h2,4-6,8,10,14,18H,3,7,9,16H2,1H3. The van der Waals surface area contributed by atoms with Gasteiger partial charge in [0.1, 0.15) is 0 Å². The highest BCUT2D eigenvalue weighted by molar-refractivity contribution is 5.85. The second-order valence-electron chi connectivity index (χ2n) is 5.31. The predicted octanol–water partition coefficient (Wildman–Crippen LogP) is 2.31. The van der Waals surface area contributed by atoms with Crippen LogP contribution >= 0.6 is 0 Å². The van der Waals surface area contributed by atoms with Crippen LogP contribution in [0.3, 0.4) is 0 Å². The van der Waals surface area contributed by atoms with E-state index in [2.05, 4.69) is 29.5 Å². The summed E-state index contributed by atoms with van der Waals surface area (Å²) >= 11 is 0. The molecule has 4 nitrogen and oxygen atoms in total. The van der Waals surface area contributed by atoms with Crippen molar-refractivity contribution in [2.24, 2.45) is 5.84 Å². The Bertz CT molecular complexity index is 573. The van der Waals surface area contributed by atoms with Crippen molar-refractivity contribution in [3.05, 3.63) is 42.2 Å². The summed E-state index contributed by atoms with van der Waals surface area (Å²) in [6, 6.07) is 8.24. The van der Waals surface area contributed by atoms with Crippen LogP contribution in [0.25, 0.3) is 10.8 Å². The predicted molar refractivity (Wildman–Crippen MR) is 75.4 cm³/mol. The van der Waals surface area contributed by atoms with Crippen molar-refractivity contribution in [2.75, 3.05) is 6.61 Å². The smallest absolute Gasteiger partial charge is 0.0862 e. The molecule has 2 aromatic rings.